The zero-order valence-electron chi connectivity index (χ0n) is 12.6. The molecular formula is C14H27N3O3. The second-order valence-electron chi connectivity index (χ2n) is 5.45. The summed E-state index contributed by atoms with van der Waals surface area (Å²) in [5.41, 5.74) is 0. The van der Waals surface area contributed by atoms with E-state index in [1.165, 1.54) is 0 Å². The minimum absolute atomic E-state index is 0.384. The molecule has 1 saturated heterocycles. The van der Waals surface area contributed by atoms with Crippen LogP contribution in [0.25, 0.3) is 0 Å². The summed E-state index contributed by atoms with van der Waals surface area (Å²) in [5.74, 6) is -0.349. The van der Waals surface area contributed by atoms with Gasteiger partial charge in [0.2, 0.25) is 0 Å². The summed E-state index contributed by atoms with van der Waals surface area (Å²) in [5, 5.41) is 5.81. The molecule has 0 aromatic rings. The molecular weight excluding hydrogens is 258 g/mol. The molecule has 0 aliphatic carbocycles. The summed E-state index contributed by atoms with van der Waals surface area (Å²) in [6, 6.07) is 0. The fourth-order valence-electron chi connectivity index (χ4n) is 1.93. The van der Waals surface area contributed by atoms with Crippen LogP contribution in [0.2, 0.25) is 0 Å². The molecule has 0 unspecified atom stereocenters. The molecule has 0 aromatic heterocycles. The summed E-state index contributed by atoms with van der Waals surface area (Å²) in [6.45, 7) is 8.69. The van der Waals surface area contributed by atoms with Crippen LogP contribution in [0.15, 0.2) is 0 Å². The number of carbonyl (C=O) groups is 2. The molecule has 116 valence electrons. The first kappa shape index (κ1) is 16.9. The maximum Gasteiger partial charge on any atom is 0.311 e. The number of nitrogens with one attached hydrogen (secondary N) is 2. The van der Waals surface area contributed by atoms with E-state index in [-0.39, 0.29) is 0 Å². The SMILES string of the molecule is CC(C)CCOCCNC(=O)C(=O)N1CCCNCC1. The van der Waals surface area contributed by atoms with Gasteiger partial charge >= 0.3 is 11.8 Å². The summed E-state index contributed by atoms with van der Waals surface area (Å²) in [6.07, 6.45) is 1.89. The highest BCUT2D eigenvalue weighted by Gasteiger charge is 2.21. The van der Waals surface area contributed by atoms with E-state index in [1.54, 1.807) is 4.90 Å². The Morgan fingerprint density at radius 1 is 1.25 bits per heavy atom. The van der Waals surface area contributed by atoms with Gasteiger partial charge in [0.05, 0.1) is 6.61 Å². The Morgan fingerprint density at radius 3 is 2.80 bits per heavy atom. The number of hydrogen-bond acceptors (Lipinski definition) is 4. The van der Waals surface area contributed by atoms with Crippen molar-refractivity contribution in [2.45, 2.75) is 26.7 Å². The molecule has 0 bridgehead atoms. The van der Waals surface area contributed by atoms with Crippen LogP contribution in [0.1, 0.15) is 26.7 Å². The van der Waals surface area contributed by atoms with Crippen LogP contribution in [0.5, 0.6) is 0 Å². The van der Waals surface area contributed by atoms with Crippen molar-refractivity contribution in [3.05, 3.63) is 0 Å². The van der Waals surface area contributed by atoms with Crippen molar-refractivity contribution in [2.24, 2.45) is 5.92 Å². The van der Waals surface area contributed by atoms with Gasteiger partial charge in [-0.2, -0.15) is 0 Å². The number of ether oxygens (including phenoxy) is 1. The van der Waals surface area contributed by atoms with Crippen molar-refractivity contribution in [2.75, 3.05) is 45.9 Å². The zero-order chi connectivity index (χ0) is 14.8. The average molecular weight is 285 g/mol. The van der Waals surface area contributed by atoms with Gasteiger partial charge in [-0.1, -0.05) is 13.8 Å². The van der Waals surface area contributed by atoms with Gasteiger partial charge < -0.3 is 20.3 Å². The Kier molecular flexibility index (Phi) is 8.22. The lowest BCUT2D eigenvalue weighted by atomic mass is 10.1. The third kappa shape index (κ3) is 6.86. The molecule has 1 aliphatic heterocycles. The number of hydrogen-bond donors (Lipinski definition) is 2. The molecule has 1 fully saturated rings. The lowest BCUT2D eigenvalue weighted by molar-refractivity contribution is -0.145. The predicted octanol–water partition coefficient (Wildman–Crippen LogP) is -0.0128. The van der Waals surface area contributed by atoms with E-state index < -0.39 is 11.8 Å². The van der Waals surface area contributed by atoms with Gasteiger partial charge in [0, 0.05) is 32.8 Å². The van der Waals surface area contributed by atoms with Crippen molar-refractivity contribution in [3.63, 3.8) is 0 Å². The highest BCUT2D eigenvalue weighted by molar-refractivity contribution is 6.35. The molecule has 20 heavy (non-hydrogen) atoms. The summed E-state index contributed by atoms with van der Waals surface area (Å²) in [7, 11) is 0. The molecule has 0 radical (unpaired) electrons. The summed E-state index contributed by atoms with van der Waals surface area (Å²) in [4.78, 5) is 25.2. The first-order valence-electron chi connectivity index (χ1n) is 7.47. The van der Waals surface area contributed by atoms with Crippen LogP contribution >= 0.6 is 0 Å². The van der Waals surface area contributed by atoms with Gasteiger partial charge in [0.25, 0.3) is 0 Å². The summed E-state index contributed by atoms with van der Waals surface area (Å²) >= 11 is 0. The van der Waals surface area contributed by atoms with Gasteiger partial charge in [-0.3, -0.25) is 9.59 Å². The van der Waals surface area contributed by atoms with Crippen molar-refractivity contribution < 1.29 is 14.3 Å². The maximum absolute atomic E-state index is 11.9. The van der Waals surface area contributed by atoms with Crippen LogP contribution in [-0.2, 0) is 14.3 Å². The second kappa shape index (κ2) is 9.72. The van der Waals surface area contributed by atoms with Crippen molar-refractivity contribution in [1.82, 2.24) is 15.5 Å². The molecule has 0 atom stereocenters. The van der Waals surface area contributed by atoms with Crippen LogP contribution in [0.4, 0.5) is 0 Å². The zero-order valence-corrected chi connectivity index (χ0v) is 12.6. The fraction of sp³-hybridized carbons (Fsp3) is 0.857. The van der Waals surface area contributed by atoms with Crippen molar-refractivity contribution in [1.29, 1.82) is 0 Å². The summed E-state index contributed by atoms with van der Waals surface area (Å²) < 4.78 is 5.39. The normalized spacial score (nSPS) is 16.1. The van der Waals surface area contributed by atoms with E-state index in [0.717, 1.165) is 25.9 Å². The highest BCUT2D eigenvalue weighted by atomic mass is 16.5. The fourth-order valence-corrected chi connectivity index (χ4v) is 1.93. The third-order valence-electron chi connectivity index (χ3n) is 3.19. The first-order valence-corrected chi connectivity index (χ1v) is 7.47. The molecule has 2 N–H and O–H groups in total. The van der Waals surface area contributed by atoms with E-state index in [0.29, 0.717) is 38.8 Å². The molecule has 1 heterocycles. The largest absolute Gasteiger partial charge is 0.380 e. The van der Waals surface area contributed by atoms with E-state index >= 15 is 0 Å². The van der Waals surface area contributed by atoms with Crippen LogP contribution in [0.3, 0.4) is 0 Å². The Morgan fingerprint density at radius 2 is 2.05 bits per heavy atom. The molecule has 0 spiro atoms. The lowest BCUT2D eigenvalue weighted by Gasteiger charge is -2.19. The van der Waals surface area contributed by atoms with E-state index in [4.69, 9.17) is 4.74 Å². The number of carbonyl (C=O) groups excluding carboxylic acids is 2. The Balaban J connectivity index is 2.13. The number of rotatable bonds is 6. The van der Waals surface area contributed by atoms with Crippen molar-refractivity contribution >= 4 is 11.8 Å². The highest BCUT2D eigenvalue weighted by Crippen LogP contribution is 1.98. The smallest absolute Gasteiger partial charge is 0.311 e. The Labute approximate surface area is 121 Å². The van der Waals surface area contributed by atoms with Crippen LogP contribution in [0, 0.1) is 5.92 Å². The van der Waals surface area contributed by atoms with Gasteiger partial charge in [0.15, 0.2) is 0 Å². The second-order valence-corrected chi connectivity index (χ2v) is 5.45. The van der Waals surface area contributed by atoms with Gasteiger partial charge in [0.1, 0.15) is 0 Å². The van der Waals surface area contributed by atoms with Gasteiger partial charge in [-0.25, -0.2) is 0 Å². The van der Waals surface area contributed by atoms with Gasteiger partial charge in [-0.05, 0) is 25.3 Å². The first-order chi connectivity index (χ1) is 9.61. The van der Waals surface area contributed by atoms with Crippen LogP contribution in [-0.4, -0.2) is 62.7 Å². The molecule has 6 nitrogen and oxygen atoms in total. The van der Waals surface area contributed by atoms with Crippen LogP contribution < -0.4 is 10.6 Å². The molecule has 6 heteroatoms. The Bertz CT molecular complexity index is 300. The van der Waals surface area contributed by atoms with E-state index in [2.05, 4.69) is 24.5 Å². The lowest BCUT2D eigenvalue weighted by Crippen LogP contribution is -2.45. The minimum Gasteiger partial charge on any atom is -0.380 e. The Hall–Kier alpha value is -1.14. The number of nitrogens with zero attached hydrogens (tertiary/aromatic N) is 1. The topological polar surface area (TPSA) is 70.7 Å². The average Bonchev–Trinajstić information content (AvgIpc) is 2.70. The van der Waals surface area contributed by atoms with Gasteiger partial charge in [-0.15, -0.1) is 0 Å². The monoisotopic (exact) mass is 285 g/mol. The third-order valence-corrected chi connectivity index (χ3v) is 3.19. The molecule has 2 amide bonds. The molecule has 1 rings (SSSR count). The quantitative estimate of drug-likeness (QED) is 0.532. The standard InChI is InChI=1S/C14H27N3O3/c1-12(2)4-10-20-11-7-16-13(18)14(19)17-8-3-5-15-6-9-17/h12,15H,3-11H2,1-2H3,(H,16,18). The maximum atomic E-state index is 11.9. The number of amides is 2. The van der Waals surface area contributed by atoms with Crippen molar-refractivity contribution in [3.8, 4) is 0 Å². The molecule has 1 aliphatic rings. The van der Waals surface area contributed by atoms with E-state index in [1.807, 2.05) is 0 Å². The molecule has 0 saturated carbocycles. The molecule has 0 aromatic carbocycles. The predicted molar refractivity (Wildman–Crippen MR) is 77.4 cm³/mol. The minimum atomic E-state index is -0.528. The van der Waals surface area contributed by atoms with E-state index in [9.17, 15) is 9.59 Å².